The van der Waals surface area contributed by atoms with Gasteiger partial charge in [0.05, 0.1) is 13.0 Å². The predicted octanol–water partition coefficient (Wildman–Crippen LogP) is 3.50. The number of phenols is 1. The Kier molecular flexibility index (Phi) is 5.43. The molecule has 0 aromatic heterocycles. The van der Waals surface area contributed by atoms with E-state index in [1.165, 1.54) is 0 Å². The Labute approximate surface area is 120 Å². The highest BCUT2D eigenvalue weighted by atomic mass is 16.5. The lowest BCUT2D eigenvalue weighted by atomic mass is 9.80. The summed E-state index contributed by atoms with van der Waals surface area (Å²) in [5, 5.41) is 19.0. The van der Waals surface area contributed by atoms with Gasteiger partial charge in [0, 0.05) is 5.56 Å². The van der Waals surface area contributed by atoms with Crippen molar-refractivity contribution >= 4 is 5.97 Å². The van der Waals surface area contributed by atoms with Crippen LogP contribution in [0.4, 0.5) is 0 Å². The van der Waals surface area contributed by atoms with Gasteiger partial charge < -0.3 is 14.9 Å². The second kappa shape index (κ2) is 6.64. The van der Waals surface area contributed by atoms with E-state index in [4.69, 9.17) is 9.84 Å². The van der Waals surface area contributed by atoms with Gasteiger partial charge in [-0.15, -0.1) is 0 Å². The fourth-order valence-electron chi connectivity index (χ4n) is 1.98. The first-order valence-corrected chi connectivity index (χ1v) is 7.02. The van der Waals surface area contributed by atoms with Gasteiger partial charge in [-0.25, -0.2) is 0 Å². The highest BCUT2D eigenvalue weighted by Crippen LogP contribution is 2.38. The molecule has 4 heteroatoms. The molecule has 0 saturated heterocycles. The van der Waals surface area contributed by atoms with Crippen molar-refractivity contribution in [3.05, 3.63) is 23.3 Å². The zero-order chi connectivity index (χ0) is 15.3. The Morgan fingerprint density at radius 3 is 2.45 bits per heavy atom. The number of benzene rings is 1. The van der Waals surface area contributed by atoms with Crippen LogP contribution < -0.4 is 4.74 Å². The quantitative estimate of drug-likeness (QED) is 0.802. The lowest BCUT2D eigenvalue weighted by Gasteiger charge is -2.26. The summed E-state index contributed by atoms with van der Waals surface area (Å²) in [7, 11) is 0. The molecule has 20 heavy (non-hydrogen) atoms. The topological polar surface area (TPSA) is 66.8 Å². The van der Waals surface area contributed by atoms with E-state index >= 15 is 0 Å². The van der Waals surface area contributed by atoms with Crippen molar-refractivity contribution in [2.24, 2.45) is 0 Å². The number of carboxylic acids is 1. The molecule has 0 unspecified atom stereocenters. The molecular weight excluding hydrogens is 256 g/mol. The summed E-state index contributed by atoms with van der Waals surface area (Å²) in [4.78, 5) is 10.5. The molecule has 0 fully saturated rings. The summed E-state index contributed by atoms with van der Waals surface area (Å²) in [6.45, 7) is 8.32. The van der Waals surface area contributed by atoms with E-state index in [2.05, 4.69) is 20.8 Å². The van der Waals surface area contributed by atoms with E-state index in [-0.39, 0.29) is 18.4 Å². The molecule has 2 N–H and O–H groups in total. The van der Waals surface area contributed by atoms with Gasteiger partial charge in [-0.05, 0) is 36.0 Å². The highest BCUT2D eigenvalue weighted by Gasteiger charge is 2.24. The molecule has 0 aliphatic carbocycles. The lowest BCUT2D eigenvalue weighted by Crippen LogP contribution is -2.16. The molecule has 112 valence electrons. The number of hydrogen-bond acceptors (Lipinski definition) is 3. The van der Waals surface area contributed by atoms with Crippen LogP contribution in [-0.4, -0.2) is 22.8 Å². The van der Waals surface area contributed by atoms with Crippen molar-refractivity contribution in [1.82, 2.24) is 0 Å². The van der Waals surface area contributed by atoms with Crippen molar-refractivity contribution in [2.45, 2.75) is 52.4 Å². The van der Waals surface area contributed by atoms with Gasteiger partial charge in [-0.2, -0.15) is 0 Å². The third-order valence-corrected chi connectivity index (χ3v) is 3.74. The predicted molar refractivity (Wildman–Crippen MR) is 78.5 cm³/mol. The zero-order valence-electron chi connectivity index (χ0n) is 12.7. The minimum atomic E-state index is -0.881. The van der Waals surface area contributed by atoms with Crippen molar-refractivity contribution in [3.63, 3.8) is 0 Å². The Bertz CT molecular complexity index is 478. The first kappa shape index (κ1) is 16.3. The summed E-state index contributed by atoms with van der Waals surface area (Å²) in [6.07, 6.45) is 1.56. The van der Waals surface area contributed by atoms with Gasteiger partial charge in [-0.3, -0.25) is 4.79 Å². The standard InChI is InChI=1S/C16H24O4/c1-5-11-9-12(20-8-7-14(17)18)10-13(15(11)19)16(3,4)6-2/h9-10,19H,5-8H2,1-4H3,(H,17,18). The van der Waals surface area contributed by atoms with E-state index in [0.29, 0.717) is 17.9 Å². The van der Waals surface area contributed by atoms with E-state index < -0.39 is 5.97 Å². The number of rotatable bonds is 7. The lowest BCUT2D eigenvalue weighted by molar-refractivity contribution is -0.137. The average Bonchev–Trinajstić information content (AvgIpc) is 2.39. The Balaban J connectivity index is 3.08. The highest BCUT2D eigenvalue weighted by molar-refractivity contribution is 5.66. The first-order chi connectivity index (χ1) is 9.31. The molecule has 0 bridgehead atoms. The summed E-state index contributed by atoms with van der Waals surface area (Å²) in [5.41, 5.74) is 1.53. The van der Waals surface area contributed by atoms with Crippen LogP contribution in [0.25, 0.3) is 0 Å². The van der Waals surface area contributed by atoms with Crippen LogP contribution in [0.1, 0.15) is 51.7 Å². The smallest absolute Gasteiger partial charge is 0.306 e. The van der Waals surface area contributed by atoms with Gasteiger partial charge >= 0.3 is 5.97 Å². The molecular formula is C16H24O4. The molecule has 1 aromatic carbocycles. The van der Waals surface area contributed by atoms with Crippen LogP contribution in [-0.2, 0) is 16.6 Å². The van der Waals surface area contributed by atoms with Crippen molar-refractivity contribution < 1.29 is 19.7 Å². The Morgan fingerprint density at radius 2 is 1.95 bits per heavy atom. The number of ether oxygens (including phenoxy) is 1. The molecule has 0 heterocycles. The van der Waals surface area contributed by atoms with Crippen LogP contribution in [0, 0.1) is 0 Å². The third-order valence-electron chi connectivity index (χ3n) is 3.74. The number of aryl methyl sites for hydroxylation is 1. The minimum absolute atomic E-state index is 0.0329. The number of hydrogen-bond donors (Lipinski definition) is 2. The molecule has 0 saturated carbocycles. The number of aliphatic carboxylic acids is 1. The molecule has 0 radical (unpaired) electrons. The number of aromatic hydroxyl groups is 1. The maximum atomic E-state index is 10.5. The summed E-state index contributed by atoms with van der Waals surface area (Å²) < 4.78 is 5.50. The number of carbonyl (C=O) groups is 1. The van der Waals surface area contributed by atoms with Gasteiger partial charge in [0.15, 0.2) is 0 Å². The average molecular weight is 280 g/mol. The van der Waals surface area contributed by atoms with Gasteiger partial charge in [0.2, 0.25) is 0 Å². The number of phenolic OH excluding ortho intramolecular Hbond substituents is 1. The van der Waals surface area contributed by atoms with Gasteiger partial charge in [-0.1, -0.05) is 27.7 Å². The van der Waals surface area contributed by atoms with Gasteiger partial charge in [0.25, 0.3) is 0 Å². The summed E-state index contributed by atoms with van der Waals surface area (Å²) in [5.74, 6) is 0.0657. The van der Waals surface area contributed by atoms with E-state index in [1.807, 2.05) is 13.0 Å². The molecule has 1 rings (SSSR count). The largest absolute Gasteiger partial charge is 0.507 e. The minimum Gasteiger partial charge on any atom is -0.507 e. The third kappa shape index (κ3) is 3.89. The van der Waals surface area contributed by atoms with E-state index in [1.54, 1.807) is 6.07 Å². The van der Waals surface area contributed by atoms with E-state index in [9.17, 15) is 9.90 Å². The second-order valence-electron chi connectivity index (χ2n) is 5.56. The van der Waals surface area contributed by atoms with Crippen molar-refractivity contribution in [1.29, 1.82) is 0 Å². The molecule has 0 aliphatic rings. The van der Waals surface area contributed by atoms with Gasteiger partial charge in [0.1, 0.15) is 11.5 Å². The molecule has 0 amide bonds. The fraction of sp³-hybridized carbons (Fsp3) is 0.562. The summed E-state index contributed by atoms with van der Waals surface area (Å²) >= 11 is 0. The van der Waals surface area contributed by atoms with Crippen LogP contribution in [0.15, 0.2) is 12.1 Å². The molecule has 0 aliphatic heterocycles. The normalized spacial score (nSPS) is 11.4. The Morgan fingerprint density at radius 1 is 1.30 bits per heavy atom. The molecule has 0 atom stereocenters. The van der Waals surface area contributed by atoms with Crippen molar-refractivity contribution in [3.8, 4) is 11.5 Å². The van der Waals surface area contributed by atoms with Crippen LogP contribution in [0.3, 0.4) is 0 Å². The molecule has 0 spiro atoms. The van der Waals surface area contributed by atoms with Crippen LogP contribution >= 0.6 is 0 Å². The monoisotopic (exact) mass is 280 g/mol. The van der Waals surface area contributed by atoms with Crippen LogP contribution in [0.2, 0.25) is 0 Å². The molecule has 4 nitrogen and oxygen atoms in total. The molecule has 1 aromatic rings. The fourth-order valence-corrected chi connectivity index (χ4v) is 1.98. The Hall–Kier alpha value is -1.71. The maximum absolute atomic E-state index is 10.5. The van der Waals surface area contributed by atoms with Crippen LogP contribution in [0.5, 0.6) is 11.5 Å². The van der Waals surface area contributed by atoms with E-state index in [0.717, 1.165) is 17.5 Å². The SMILES string of the molecule is CCc1cc(OCCC(=O)O)cc(C(C)(C)CC)c1O. The zero-order valence-corrected chi connectivity index (χ0v) is 12.7. The number of carboxylic acid groups (broad SMARTS) is 1. The second-order valence-corrected chi connectivity index (χ2v) is 5.56. The first-order valence-electron chi connectivity index (χ1n) is 7.02. The summed E-state index contributed by atoms with van der Waals surface area (Å²) in [6, 6.07) is 3.60. The van der Waals surface area contributed by atoms with Crippen molar-refractivity contribution in [2.75, 3.05) is 6.61 Å². The maximum Gasteiger partial charge on any atom is 0.306 e.